The van der Waals surface area contributed by atoms with Crippen molar-refractivity contribution in [3.8, 4) is 5.75 Å². The minimum Gasteiger partial charge on any atom is -0.496 e. The Balaban J connectivity index is 1.65. The van der Waals surface area contributed by atoms with Crippen LogP contribution in [-0.4, -0.2) is 24.8 Å². The van der Waals surface area contributed by atoms with Gasteiger partial charge >= 0.3 is 0 Å². The van der Waals surface area contributed by atoms with Crippen molar-refractivity contribution in [3.63, 3.8) is 0 Å². The van der Waals surface area contributed by atoms with Gasteiger partial charge in [0.25, 0.3) is 5.91 Å². The smallest absolute Gasteiger partial charge is 0.264 e. The summed E-state index contributed by atoms with van der Waals surface area (Å²) in [5.41, 5.74) is 3.88. The van der Waals surface area contributed by atoms with Crippen molar-refractivity contribution < 1.29 is 14.4 Å². The lowest BCUT2D eigenvalue weighted by Gasteiger charge is -2.19. The lowest BCUT2D eigenvalue weighted by molar-refractivity contribution is -0.132. The molecule has 1 amide bonds. The number of hydrogen-bond acceptors (Lipinski definition) is 4. The van der Waals surface area contributed by atoms with E-state index >= 15 is 0 Å². The van der Waals surface area contributed by atoms with E-state index in [0.717, 1.165) is 29.0 Å². The highest BCUT2D eigenvalue weighted by atomic mass is 16.6. The molecule has 136 valence electrons. The third-order valence-corrected chi connectivity index (χ3v) is 4.58. The van der Waals surface area contributed by atoms with Gasteiger partial charge in [-0.3, -0.25) is 4.79 Å². The van der Waals surface area contributed by atoms with Gasteiger partial charge in [0.2, 0.25) is 6.10 Å². The summed E-state index contributed by atoms with van der Waals surface area (Å²) in [6.45, 7) is 4.10. The predicted octanol–water partition coefficient (Wildman–Crippen LogP) is 3.76. The number of ether oxygens (including phenoxy) is 1. The third-order valence-electron chi connectivity index (χ3n) is 4.58. The molecular formula is C21H24N2O3. The number of hydrogen-bond donors (Lipinski definition) is 1. The monoisotopic (exact) mass is 352 g/mol. The average molecular weight is 352 g/mol. The van der Waals surface area contributed by atoms with Crippen LogP contribution in [0.3, 0.4) is 0 Å². The molecule has 1 heterocycles. The summed E-state index contributed by atoms with van der Waals surface area (Å²) in [6, 6.07) is 15.8. The maximum atomic E-state index is 12.6. The molecule has 1 N–H and O–H groups in total. The molecule has 0 fully saturated rings. The summed E-state index contributed by atoms with van der Waals surface area (Å²) < 4.78 is 5.37. The topological polar surface area (TPSA) is 59.9 Å². The summed E-state index contributed by atoms with van der Waals surface area (Å²) in [6.07, 6.45) is 0.618. The zero-order chi connectivity index (χ0) is 18.5. The first-order chi connectivity index (χ1) is 12.6. The van der Waals surface area contributed by atoms with Crippen LogP contribution in [0, 0.1) is 6.92 Å². The van der Waals surface area contributed by atoms with Crippen LogP contribution in [0.5, 0.6) is 5.75 Å². The Morgan fingerprint density at radius 3 is 2.69 bits per heavy atom. The summed E-state index contributed by atoms with van der Waals surface area (Å²) in [5.74, 6) is 0.577. The van der Waals surface area contributed by atoms with Crippen LogP contribution in [0.25, 0.3) is 0 Å². The fourth-order valence-corrected chi connectivity index (χ4v) is 3.04. The molecule has 0 radical (unpaired) electrons. The van der Waals surface area contributed by atoms with Crippen molar-refractivity contribution in [2.75, 3.05) is 7.11 Å². The largest absolute Gasteiger partial charge is 0.496 e. The Bertz CT molecular complexity index is 799. The highest BCUT2D eigenvalue weighted by molar-refractivity contribution is 6.05. The Hall–Kier alpha value is -2.82. The number of nitrogens with zero attached hydrogens (tertiary/aromatic N) is 1. The van der Waals surface area contributed by atoms with Crippen LogP contribution >= 0.6 is 0 Å². The molecule has 3 rings (SSSR count). The molecule has 5 nitrogen and oxygen atoms in total. The van der Waals surface area contributed by atoms with Crippen molar-refractivity contribution in [2.24, 2.45) is 5.16 Å². The lowest BCUT2D eigenvalue weighted by Crippen LogP contribution is -2.37. The molecule has 0 aromatic heterocycles. The number of oxime groups is 1. The highest BCUT2D eigenvalue weighted by Crippen LogP contribution is 2.25. The van der Waals surface area contributed by atoms with E-state index in [9.17, 15) is 4.79 Å². The van der Waals surface area contributed by atoms with Gasteiger partial charge in [-0.25, -0.2) is 0 Å². The summed E-state index contributed by atoms with van der Waals surface area (Å²) >= 11 is 0. The Labute approximate surface area is 154 Å². The van der Waals surface area contributed by atoms with E-state index < -0.39 is 6.10 Å². The normalized spacial score (nSPS) is 17.2. The first kappa shape index (κ1) is 18.0. The van der Waals surface area contributed by atoms with Gasteiger partial charge in [0.15, 0.2) is 0 Å². The highest BCUT2D eigenvalue weighted by Gasteiger charge is 2.31. The fraction of sp³-hybridized carbons (Fsp3) is 0.333. The minimum absolute atomic E-state index is 0.0398. The van der Waals surface area contributed by atoms with Crippen LogP contribution in [0.2, 0.25) is 0 Å². The van der Waals surface area contributed by atoms with Crippen LogP contribution in [0.4, 0.5) is 0 Å². The molecule has 0 spiro atoms. The quantitative estimate of drug-likeness (QED) is 0.861. The van der Waals surface area contributed by atoms with E-state index in [2.05, 4.69) is 41.7 Å². The number of benzene rings is 2. The number of carbonyl (C=O) groups is 1. The Kier molecular flexibility index (Phi) is 5.56. The summed E-state index contributed by atoms with van der Waals surface area (Å²) in [7, 11) is 1.62. The molecule has 2 aromatic carbocycles. The van der Waals surface area contributed by atoms with Crippen molar-refractivity contribution >= 4 is 11.6 Å². The van der Waals surface area contributed by atoms with Gasteiger partial charge in [-0.05, 0) is 31.0 Å². The molecule has 1 aliphatic rings. The average Bonchev–Trinajstić information content (AvgIpc) is 3.17. The zero-order valence-corrected chi connectivity index (χ0v) is 15.4. The number of aryl methyl sites for hydroxylation is 1. The van der Waals surface area contributed by atoms with Gasteiger partial charge in [-0.2, -0.15) is 0 Å². The van der Waals surface area contributed by atoms with Crippen LogP contribution in [-0.2, 0) is 9.63 Å². The van der Waals surface area contributed by atoms with Crippen molar-refractivity contribution in [2.45, 2.75) is 38.8 Å². The first-order valence-electron chi connectivity index (χ1n) is 8.85. The number of rotatable bonds is 6. The van der Waals surface area contributed by atoms with Gasteiger partial charge in [-0.1, -0.05) is 54.0 Å². The van der Waals surface area contributed by atoms with Crippen molar-refractivity contribution in [3.05, 3.63) is 65.2 Å². The Morgan fingerprint density at radius 2 is 2.00 bits per heavy atom. The SMILES string of the molecule is CC[C@H](NC(=O)[C@@H]1CC(c2ccccc2OC)=NO1)c1ccc(C)cc1. The summed E-state index contributed by atoms with van der Waals surface area (Å²) in [5, 5.41) is 7.19. The molecular weight excluding hydrogens is 328 g/mol. The number of nitrogens with one attached hydrogen (secondary N) is 1. The second kappa shape index (κ2) is 8.04. The number of para-hydroxylation sites is 1. The first-order valence-corrected chi connectivity index (χ1v) is 8.85. The molecule has 0 bridgehead atoms. The molecule has 26 heavy (non-hydrogen) atoms. The summed E-state index contributed by atoms with van der Waals surface area (Å²) in [4.78, 5) is 18.0. The molecule has 2 aromatic rings. The van der Waals surface area contributed by atoms with Crippen molar-refractivity contribution in [1.29, 1.82) is 0 Å². The maximum Gasteiger partial charge on any atom is 0.264 e. The minimum atomic E-state index is -0.616. The number of carbonyl (C=O) groups excluding carboxylic acids is 1. The van der Waals surface area contributed by atoms with Gasteiger partial charge < -0.3 is 14.9 Å². The van der Waals surface area contributed by atoms with Crippen LogP contribution in [0.15, 0.2) is 53.7 Å². The van der Waals surface area contributed by atoms with E-state index in [4.69, 9.17) is 9.57 Å². The second-order valence-electron chi connectivity index (χ2n) is 6.42. The van der Waals surface area contributed by atoms with Gasteiger partial charge in [0.05, 0.1) is 18.9 Å². The van der Waals surface area contributed by atoms with E-state index in [0.29, 0.717) is 6.42 Å². The number of amides is 1. The van der Waals surface area contributed by atoms with Crippen molar-refractivity contribution in [1.82, 2.24) is 5.32 Å². The molecule has 0 saturated carbocycles. The third kappa shape index (κ3) is 3.87. The van der Waals surface area contributed by atoms with Crippen LogP contribution in [0.1, 0.15) is 42.5 Å². The zero-order valence-electron chi connectivity index (χ0n) is 15.4. The second-order valence-corrected chi connectivity index (χ2v) is 6.42. The molecule has 0 aliphatic carbocycles. The predicted molar refractivity (Wildman–Crippen MR) is 101 cm³/mol. The van der Waals surface area contributed by atoms with E-state index in [1.807, 2.05) is 31.2 Å². The van der Waals surface area contributed by atoms with Gasteiger partial charge in [-0.15, -0.1) is 0 Å². The molecule has 2 atom stereocenters. The number of methoxy groups -OCH3 is 1. The standard InChI is InChI=1S/C21H24N2O3/c1-4-17(15-11-9-14(2)10-12-15)22-21(24)20-13-18(23-26-20)16-7-5-6-8-19(16)25-3/h5-12,17,20H,4,13H2,1-3H3,(H,22,24)/t17-,20-/m0/s1. The van der Waals surface area contributed by atoms with E-state index in [-0.39, 0.29) is 11.9 Å². The molecule has 1 aliphatic heterocycles. The fourth-order valence-electron chi connectivity index (χ4n) is 3.04. The van der Waals surface area contributed by atoms with Crippen LogP contribution < -0.4 is 10.1 Å². The molecule has 5 heteroatoms. The molecule has 0 saturated heterocycles. The molecule has 0 unspecified atom stereocenters. The Morgan fingerprint density at radius 1 is 1.27 bits per heavy atom. The maximum absolute atomic E-state index is 12.6. The van der Waals surface area contributed by atoms with Gasteiger partial charge in [0, 0.05) is 12.0 Å². The van der Waals surface area contributed by atoms with E-state index in [1.54, 1.807) is 7.11 Å². The lowest BCUT2D eigenvalue weighted by atomic mass is 10.0. The van der Waals surface area contributed by atoms with Gasteiger partial charge in [0.1, 0.15) is 5.75 Å². The van der Waals surface area contributed by atoms with E-state index in [1.165, 1.54) is 5.56 Å².